The second kappa shape index (κ2) is 4.36. The number of nitrogens with zero attached hydrogens (tertiary/aromatic N) is 4. The Morgan fingerprint density at radius 1 is 1.50 bits per heavy atom. The van der Waals surface area contributed by atoms with Crippen LogP contribution in [0.5, 0.6) is 0 Å². The van der Waals surface area contributed by atoms with E-state index in [2.05, 4.69) is 20.3 Å². The first-order valence-electron chi connectivity index (χ1n) is 4.65. The van der Waals surface area contributed by atoms with Crippen molar-refractivity contribution in [3.8, 4) is 0 Å². The number of imidazole rings is 1. The van der Waals surface area contributed by atoms with E-state index in [-0.39, 0.29) is 5.95 Å². The molecule has 0 atom stereocenters. The van der Waals surface area contributed by atoms with Crippen LogP contribution in [0.25, 0.3) is 0 Å². The standard InChI is InChI=1S/C9H11ClN6/c1-16-3-2-12-8(16)5-13-7-4-6(10)14-9(11)15-7/h2-4H,5H2,1H3,(H3,11,13,14,15). The summed E-state index contributed by atoms with van der Waals surface area (Å²) >= 11 is 5.75. The van der Waals surface area contributed by atoms with Crippen molar-refractivity contribution < 1.29 is 0 Å². The Hall–Kier alpha value is -1.82. The van der Waals surface area contributed by atoms with Crippen LogP contribution in [0.1, 0.15) is 5.82 Å². The summed E-state index contributed by atoms with van der Waals surface area (Å²) in [7, 11) is 1.92. The van der Waals surface area contributed by atoms with E-state index in [0.717, 1.165) is 5.82 Å². The maximum Gasteiger partial charge on any atom is 0.223 e. The Labute approximate surface area is 97.5 Å². The van der Waals surface area contributed by atoms with Crippen LogP contribution in [0.4, 0.5) is 11.8 Å². The molecule has 2 heterocycles. The lowest BCUT2D eigenvalue weighted by atomic mass is 10.5. The predicted molar refractivity (Wildman–Crippen MR) is 62.0 cm³/mol. The van der Waals surface area contributed by atoms with Crippen LogP contribution in [0.15, 0.2) is 18.5 Å². The molecule has 84 valence electrons. The minimum absolute atomic E-state index is 0.148. The van der Waals surface area contributed by atoms with Crippen LogP contribution in [0.3, 0.4) is 0 Å². The monoisotopic (exact) mass is 238 g/mol. The first-order valence-corrected chi connectivity index (χ1v) is 5.03. The average Bonchev–Trinajstić information content (AvgIpc) is 2.59. The lowest BCUT2D eigenvalue weighted by molar-refractivity contribution is 0.810. The molecule has 0 saturated heterocycles. The zero-order chi connectivity index (χ0) is 11.5. The SMILES string of the molecule is Cn1ccnc1CNc1cc(Cl)nc(N)n1. The van der Waals surface area contributed by atoms with E-state index in [0.29, 0.717) is 17.5 Å². The number of halogens is 1. The lowest BCUT2D eigenvalue weighted by Gasteiger charge is -2.06. The Bertz CT molecular complexity index is 474. The third-order valence-electron chi connectivity index (χ3n) is 2.06. The molecule has 0 fully saturated rings. The molecule has 0 unspecified atom stereocenters. The van der Waals surface area contributed by atoms with Crippen molar-refractivity contribution in [1.82, 2.24) is 19.5 Å². The molecule has 3 N–H and O–H groups in total. The number of nitrogens with one attached hydrogen (secondary N) is 1. The summed E-state index contributed by atoms with van der Waals surface area (Å²) in [5.74, 6) is 1.63. The fraction of sp³-hybridized carbons (Fsp3) is 0.222. The summed E-state index contributed by atoms with van der Waals surface area (Å²) in [6, 6.07) is 1.61. The average molecular weight is 239 g/mol. The van der Waals surface area contributed by atoms with E-state index < -0.39 is 0 Å². The number of anilines is 2. The highest BCUT2D eigenvalue weighted by atomic mass is 35.5. The zero-order valence-corrected chi connectivity index (χ0v) is 9.44. The molecular formula is C9H11ClN6. The number of hydrogen-bond acceptors (Lipinski definition) is 5. The highest BCUT2D eigenvalue weighted by Crippen LogP contribution is 2.12. The van der Waals surface area contributed by atoms with E-state index in [9.17, 15) is 0 Å². The molecule has 0 bridgehead atoms. The van der Waals surface area contributed by atoms with Crippen LogP contribution in [0.2, 0.25) is 5.15 Å². The van der Waals surface area contributed by atoms with Gasteiger partial charge >= 0.3 is 0 Å². The molecule has 2 rings (SSSR count). The van der Waals surface area contributed by atoms with Gasteiger partial charge in [0.1, 0.15) is 16.8 Å². The van der Waals surface area contributed by atoms with E-state index in [1.807, 2.05) is 17.8 Å². The zero-order valence-electron chi connectivity index (χ0n) is 8.68. The summed E-state index contributed by atoms with van der Waals surface area (Å²) in [6.45, 7) is 0.552. The topological polar surface area (TPSA) is 81.7 Å². The molecule has 6 nitrogen and oxygen atoms in total. The second-order valence-electron chi connectivity index (χ2n) is 3.24. The van der Waals surface area contributed by atoms with Gasteiger partial charge in [-0.15, -0.1) is 0 Å². The first kappa shape index (κ1) is 10.7. The van der Waals surface area contributed by atoms with Crippen molar-refractivity contribution in [2.45, 2.75) is 6.54 Å². The molecule has 0 saturated carbocycles. The fourth-order valence-corrected chi connectivity index (χ4v) is 1.45. The van der Waals surface area contributed by atoms with Gasteiger partial charge in [0.05, 0.1) is 6.54 Å². The summed E-state index contributed by atoms with van der Waals surface area (Å²) in [6.07, 6.45) is 3.61. The van der Waals surface area contributed by atoms with Crippen molar-refractivity contribution >= 4 is 23.4 Å². The summed E-state index contributed by atoms with van der Waals surface area (Å²) < 4.78 is 1.92. The summed E-state index contributed by atoms with van der Waals surface area (Å²) in [4.78, 5) is 11.9. The van der Waals surface area contributed by atoms with Gasteiger partial charge in [0.2, 0.25) is 5.95 Å². The maximum absolute atomic E-state index is 5.75. The van der Waals surface area contributed by atoms with Gasteiger partial charge in [0.25, 0.3) is 0 Å². The molecule has 16 heavy (non-hydrogen) atoms. The number of nitrogens with two attached hydrogens (primary N) is 1. The maximum atomic E-state index is 5.75. The minimum atomic E-state index is 0.148. The van der Waals surface area contributed by atoms with Gasteiger partial charge in [-0.25, -0.2) is 9.97 Å². The molecule has 0 aliphatic rings. The van der Waals surface area contributed by atoms with Gasteiger partial charge in [-0.05, 0) is 0 Å². The van der Waals surface area contributed by atoms with Crippen LogP contribution in [0, 0.1) is 0 Å². The Balaban J connectivity index is 2.07. The van der Waals surface area contributed by atoms with Crippen LogP contribution in [-0.2, 0) is 13.6 Å². The highest BCUT2D eigenvalue weighted by Gasteiger charge is 2.02. The Morgan fingerprint density at radius 2 is 2.31 bits per heavy atom. The lowest BCUT2D eigenvalue weighted by Crippen LogP contribution is -2.08. The Kier molecular flexibility index (Phi) is 2.91. The minimum Gasteiger partial charge on any atom is -0.368 e. The highest BCUT2D eigenvalue weighted by molar-refractivity contribution is 6.29. The molecule has 2 aromatic rings. The number of aryl methyl sites for hydroxylation is 1. The van der Waals surface area contributed by atoms with Gasteiger partial charge in [-0.3, -0.25) is 0 Å². The quantitative estimate of drug-likeness (QED) is 0.782. The molecule has 0 amide bonds. The van der Waals surface area contributed by atoms with Crippen LogP contribution in [-0.4, -0.2) is 19.5 Å². The van der Waals surface area contributed by atoms with Gasteiger partial charge in [-0.2, -0.15) is 4.98 Å². The largest absolute Gasteiger partial charge is 0.368 e. The Morgan fingerprint density at radius 3 is 2.94 bits per heavy atom. The van der Waals surface area contributed by atoms with E-state index >= 15 is 0 Å². The number of aromatic nitrogens is 4. The van der Waals surface area contributed by atoms with Crippen molar-refractivity contribution in [3.63, 3.8) is 0 Å². The summed E-state index contributed by atoms with van der Waals surface area (Å²) in [5, 5.41) is 3.39. The third kappa shape index (κ3) is 2.40. The normalized spacial score (nSPS) is 10.4. The van der Waals surface area contributed by atoms with Crippen molar-refractivity contribution in [2.24, 2.45) is 7.05 Å². The second-order valence-corrected chi connectivity index (χ2v) is 3.63. The van der Waals surface area contributed by atoms with Crippen LogP contribution >= 0.6 is 11.6 Å². The van der Waals surface area contributed by atoms with Gasteiger partial charge in [0.15, 0.2) is 0 Å². The molecule has 7 heteroatoms. The van der Waals surface area contributed by atoms with Crippen LogP contribution < -0.4 is 11.1 Å². The van der Waals surface area contributed by atoms with Gasteiger partial charge < -0.3 is 15.6 Å². The smallest absolute Gasteiger partial charge is 0.223 e. The molecule has 0 aromatic carbocycles. The van der Waals surface area contributed by atoms with E-state index in [4.69, 9.17) is 17.3 Å². The molecule has 0 aliphatic carbocycles. The summed E-state index contributed by atoms with van der Waals surface area (Å²) in [5.41, 5.74) is 5.47. The van der Waals surface area contributed by atoms with Crippen molar-refractivity contribution in [2.75, 3.05) is 11.1 Å². The molecule has 0 spiro atoms. The molecule has 0 radical (unpaired) electrons. The fourth-order valence-electron chi connectivity index (χ4n) is 1.26. The van der Waals surface area contributed by atoms with Gasteiger partial charge in [-0.1, -0.05) is 11.6 Å². The molecule has 0 aliphatic heterocycles. The number of hydrogen-bond donors (Lipinski definition) is 2. The number of nitrogen functional groups attached to an aromatic ring is 1. The third-order valence-corrected chi connectivity index (χ3v) is 2.25. The van der Waals surface area contributed by atoms with E-state index in [1.165, 1.54) is 0 Å². The van der Waals surface area contributed by atoms with Gasteiger partial charge in [0, 0.05) is 25.5 Å². The number of rotatable bonds is 3. The van der Waals surface area contributed by atoms with Crippen molar-refractivity contribution in [1.29, 1.82) is 0 Å². The van der Waals surface area contributed by atoms with E-state index in [1.54, 1.807) is 12.3 Å². The first-order chi connectivity index (χ1) is 7.65. The predicted octanol–water partition coefficient (Wildman–Crippen LogP) is 1.06. The van der Waals surface area contributed by atoms with Crippen molar-refractivity contribution in [3.05, 3.63) is 29.4 Å². The molecule has 2 aromatic heterocycles. The molecular weight excluding hydrogens is 228 g/mol.